The van der Waals surface area contributed by atoms with Crippen molar-refractivity contribution in [3.05, 3.63) is 0 Å². The molecule has 0 aliphatic heterocycles. The van der Waals surface area contributed by atoms with Crippen LogP contribution in [0.5, 0.6) is 0 Å². The lowest BCUT2D eigenvalue weighted by molar-refractivity contribution is -0.0530. The van der Waals surface area contributed by atoms with Gasteiger partial charge >= 0.3 is 6.09 Å². The number of hydrogen-bond acceptors (Lipinski definition) is 2. The molecule has 1 N–H and O–H groups in total. The molecule has 0 aromatic heterocycles. The summed E-state index contributed by atoms with van der Waals surface area (Å²) in [5, 5.41) is 2.89. The number of halogens is 1. The van der Waals surface area contributed by atoms with Crippen LogP contribution in [0.1, 0.15) is 39.0 Å². The van der Waals surface area contributed by atoms with Gasteiger partial charge in [-0.15, -0.1) is 0 Å². The highest BCUT2D eigenvalue weighted by atomic mass is 19.1. The third-order valence-corrected chi connectivity index (χ3v) is 4.33. The smallest absolute Gasteiger partial charge is 0.407 e. The average molecular weight is 227 g/mol. The zero-order valence-electron chi connectivity index (χ0n) is 9.54. The molecule has 16 heavy (non-hydrogen) atoms. The SMILES string of the molecule is C[C@@H]1C[C@H](OC(=O)NC23CC(C2)C3)[C@@H](F)C1. The van der Waals surface area contributed by atoms with Crippen LogP contribution in [0.2, 0.25) is 0 Å². The normalized spacial score (nSPS) is 49.1. The summed E-state index contributed by atoms with van der Waals surface area (Å²) < 4.78 is 18.6. The van der Waals surface area contributed by atoms with Crippen molar-refractivity contribution in [1.29, 1.82) is 0 Å². The lowest BCUT2D eigenvalue weighted by atomic mass is 9.50. The molecule has 0 heterocycles. The number of hydrogen-bond donors (Lipinski definition) is 1. The Morgan fingerprint density at radius 3 is 2.50 bits per heavy atom. The van der Waals surface area contributed by atoms with E-state index in [2.05, 4.69) is 5.32 Å². The highest BCUT2D eigenvalue weighted by molar-refractivity contribution is 5.69. The van der Waals surface area contributed by atoms with Crippen molar-refractivity contribution in [2.24, 2.45) is 11.8 Å². The second-order valence-corrected chi connectivity index (χ2v) is 5.92. The van der Waals surface area contributed by atoms with Gasteiger partial charge in [0.2, 0.25) is 0 Å². The van der Waals surface area contributed by atoms with E-state index in [-0.39, 0.29) is 5.54 Å². The van der Waals surface area contributed by atoms with E-state index in [4.69, 9.17) is 4.74 Å². The second kappa shape index (κ2) is 3.34. The molecule has 0 radical (unpaired) electrons. The molecule has 3 atom stereocenters. The zero-order chi connectivity index (χ0) is 11.3. The third kappa shape index (κ3) is 1.59. The van der Waals surface area contributed by atoms with Gasteiger partial charge in [-0.2, -0.15) is 0 Å². The van der Waals surface area contributed by atoms with Crippen LogP contribution in [0.25, 0.3) is 0 Å². The van der Waals surface area contributed by atoms with Crippen molar-refractivity contribution in [2.75, 3.05) is 0 Å². The van der Waals surface area contributed by atoms with Crippen molar-refractivity contribution in [3.63, 3.8) is 0 Å². The van der Waals surface area contributed by atoms with Crippen LogP contribution in [0.4, 0.5) is 9.18 Å². The topological polar surface area (TPSA) is 38.3 Å². The lowest BCUT2D eigenvalue weighted by Crippen LogP contribution is -2.68. The lowest BCUT2D eigenvalue weighted by Gasteiger charge is -2.61. The highest BCUT2D eigenvalue weighted by Gasteiger charge is 2.57. The van der Waals surface area contributed by atoms with Gasteiger partial charge in [-0.05, 0) is 43.9 Å². The Balaban J connectivity index is 1.48. The molecule has 0 saturated heterocycles. The van der Waals surface area contributed by atoms with Crippen LogP contribution in [-0.2, 0) is 4.74 Å². The number of ether oxygens (including phenoxy) is 1. The molecule has 0 aromatic carbocycles. The minimum absolute atomic E-state index is 0.0256. The summed E-state index contributed by atoms with van der Waals surface area (Å²) in [6, 6.07) is 0. The first-order chi connectivity index (χ1) is 7.56. The summed E-state index contributed by atoms with van der Waals surface area (Å²) in [7, 11) is 0. The maximum atomic E-state index is 13.4. The maximum Gasteiger partial charge on any atom is 0.407 e. The third-order valence-electron chi connectivity index (χ3n) is 4.33. The Kier molecular flexibility index (Phi) is 2.17. The molecular weight excluding hydrogens is 209 g/mol. The van der Waals surface area contributed by atoms with Crippen LogP contribution in [0.15, 0.2) is 0 Å². The maximum absolute atomic E-state index is 13.4. The summed E-state index contributed by atoms with van der Waals surface area (Å²) in [5.41, 5.74) is 0.0256. The molecule has 3 nitrogen and oxygen atoms in total. The van der Waals surface area contributed by atoms with Gasteiger partial charge in [-0.25, -0.2) is 9.18 Å². The average Bonchev–Trinajstić information content (AvgIpc) is 2.36. The van der Waals surface area contributed by atoms with Gasteiger partial charge in [0.05, 0.1) is 0 Å². The van der Waals surface area contributed by atoms with E-state index in [0.717, 1.165) is 25.2 Å². The molecule has 4 fully saturated rings. The van der Waals surface area contributed by atoms with E-state index in [9.17, 15) is 9.18 Å². The number of rotatable bonds is 2. The fourth-order valence-electron chi connectivity index (χ4n) is 3.31. The molecule has 4 rings (SSSR count). The summed E-state index contributed by atoms with van der Waals surface area (Å²) >= 11 is 0. The van der Waals surface area contributed by atoms with Gasteiger partial charge in [0.15, 0.2) is 0 Å². The summed E-state index contributed by atoms with van der Waals surface area (Å²) in [5.74, 6) is 1.14. The van der Waals surface area contributed by atoms with Crippen molar-refractivity contribution in [2.45, 2.75) is 56.8 Å². The summed E-state index contributed by atoms with van der Waals surface area (Å²) in [4.78, 5) is 11.6. The van der Waals surface area contributed by atoms with E-state index in [0.29, 0.717) is 18.8 Å². The molecule has 4 aliphatic carbocycles. The Morgan fingerprint density at radius 2 is 2.06 bits per heavy atom. The van der Waals surface area contributed by atoms with Crippen molar-refractivity contribution in [1.82, 2.24) is 5.32 Å². The number of nitrogens with one attached hydrogen (secondary N) is 1. The Hall–Kier alpha value is -0.800. The largest absolute Gasteiger partial charge is 0.443 e. The van der Waals surface area contributed by atoms with E-state index in [1.54, 1.807) is 0 Å². The predicted octanol–water partition coefficient (Wildman–Crippen LogP) is 2.40. The molecule has 1 amide bonds. The Morgan fingerprint density at radius 1 is 1.38 bits per heavy atom. The van der Waals surface area contributed by atoms with Crippen molar-refractivity contribution >= 4 is 6.09 Å². The van der Waals surface area contributed by atoms with Crippen LogP contribution in [-0.4, -0.2) is 23.9 Å². The van der Waals surface area contributed by atoms with Crippen molar-refractivity contribution in [3.8, 4) is 0 Å². The van der Waals surface area contributed by atoms with Gasteiger partial charge in [0.25, 0.3) is 0 Å². The van der Waals surface area contributed by atoms with E-state index in [1.807, 2.05) is 6.92 Å². The van der Waals surface area contributed by atoms with Crippen LogP contribution in [0.3, 0.4) is 0 Å². The van der Waals surface area contributed by atoms with E-state index < -0.39 is 18.4 Å². The minimum Gasteiger partial charge on any atom is -0.443 e. The monoisotopic (exact) mass is 227 g/mol. The second-order valence-electron chi connectivity index (χ2n) is 5.92. The fraction of sp³-hybridized carbons (Fsp3) is 0.917. The van der Waals surface area contributed by atoms with Gasteiger partial charge < -0.3 is 10.1 Å². The molecule has 4 saturated carbocycles. The zero-order valence-corrected chi connectivity index (χ0v) is 9.54. The number of carbonyl (C=O) groups excluding carboxylic acids is 1. The van der Waals surface area contributed by atoms with Gasteiger partial charge in [-0.1, -0.05) is 6.92 Å². The van der Waals surface area contributed by atoms with Crippen LogP contribution in [0, 0.1) is 11.8 Å². The first kappa shape index (κ1) is 10.4. The molecule has 90 valence electrons. The highest BCUT2D eigenvalue weighted by Crippen LogP contribution is 2.56. The van der Waals surface area contributed by atoms with Crippen molar-refractivity contribution < 1.29 is 13.9 Å². The predicted molar refractivity (Wildman–Crippen MR) is 56.8 cm³/mol. The Labute approximate surface area is 94.7 Å². The quantitative estimate of drug-likeness (QED) is 0.786. The first-order valence-corrected chi connectivity index (χ1v) is 6.19. The molecular formula is C12H18FNO2. The fourth-order valence-corrected chi connectivity index (χ4v) is 3.31. The molecule has 2 bridgehead atoms. The minimum atomic E-state index is -0.978. The van der Waals surface area contributed by atoms with E-state index >= 15 is 0 Å². The number of carbonyl (C=O) groups is 1. The van der Waals surface area contributed by atoms with Crippen LogP contribution < -0.4 is 5.32 Å². The number of amides is 1. The van der Waals surface area contributed by atoms with Crippen LogP contribution >= 0.6 is 0 Å². The molecule has 4 aliphatic rings. The molecule has 0 unspecified atom stereocenters. The van der Waals surface area contributed by atoms with Gasteiger partial charge in [0, 0.05) is 5.54 Å². The number of alkyl halides is 1. The Bertz CT molecular complexity index is 303. The summed E-state index contributed by atoms with van der Waals surface area (Å²) in [6.45, 7) is 2.00. The first-order valence-electron chi connectivity index (χ1n) is 6.19. The summed E-state index contributed by atoms with van der Waals surface area (Å²) in [6.07, 6.45) is 2.51. The standard InChI is InChI=1S/C12H18FNO2/c1-7-2-9(13)10(3-7)16-11(15)14-12-4-8(5-12)6-12/h7-10H,2-6H2,1H3,(H,14,15)/t7-,8?,9-,10-,12?/m0/s1. The molecule has 4 heteroatoms. The molecule has 0 spiro atoms. The van der Waals surface area contributed by atoms with E-state index in [1.165, 1.54) is 0 Å². The number of alkyl carbamates (subject to hydrolysis) is 1. The molecule has 0 aromatic rings. The van der Waals surface area contributed by atoms with Gasteiger partial charge in [0.1, 0.15) is 12.3 Å². The van der Waals surface area contributed by atoms with Gasteiger partial charge in [-0.3, -0.25) is 0 Å².